The minimum Gasteiger partial charge on any atom is -0.387 e. The zero-order chi connectivity index (χ0) is 9.14. The van der Waals surface area contributed by atoms with Gasteiger partial charge in [0.25, 0.3) is 0 Å². The van der Waals surface area contributed by atoms with Gasteiger partial charge in [0.1, 0.15) is 0 Å². The smallest absolute Gasteiger partial charge is 0.0947 e. The molecule has 1 rings (SSSR count). The fourth-order valence-corrected chi connectivity index (χ4v) is 1.38. The van der Waals surface area contributed by atoms with E-state index in [1.54, 1.807) is 0 Å². The molecule has 0 saturated heterocycles. The van der Waals surface area contributed by atoms with Crippen molar-refractivity contribution in [3.8, 4) is 0 Å². The van der Waals surface area contributed by atoms with Crippen molar-refractivity contribution in [1.29, 1.82) is 5.41 Å². The van der Waals surface area contributed by atoms with Gasteiger partial charge in [-0.15, -0.1) is 0 Å². The summed E-state index contributed by atoms with van der Waals surface area (Å²) in [5.41, 5.74) is 5.39. The molecule has 1 fully saturated rings. The Morgan fingerprint density at radius 1 is 1.67 bits per heavy atom. The van der Waals surface area contributed by atoms with E-state index in [0.717, 1.165) is 12.5 Å². The van der Waals surface area contributed by atoms with Crippen molar-refractivity contribution in [2.75, 3.05) is 20.1 Å². The van der Waals surface area contributed by atoms with Crippen LogP contribution in [0.15, 0.2) is 0 Å². The average Bonchev–Trinajstić information content (AvgIpc) is 2.71. The van der Waals surface area contributed by atoms with Gasteiger partial charge in [-0.25, -0.2) is 0 Å². The maximum absolute atomic E-state index is 7.24. The van der Waals surface area contributed by atoms with Crippen LogP contribution in [-0.4, -0.2) is 30.9 Å². The van der Waals surface area contributed by atoms with Crippen LogP contribution in [0.3, 0.4) is 0 Å². The highest BCUT2D eigenvalue weighted by Crippen LogP contribution is 2.29. The highest BCUT2D eigenvalue weighted by molar-refractivity contribution is 5.79. The summed E-state index contributed by atoms with van der Waals surface area (Å²) in [5, 5.41) is 7.24. The molecule has 1 aliphatic rings. The molecule has 3 nitrogen and oxygen atoms in total. The molecule has 1 aliphatic carbocycles. The number of hydrogen-bond acceptors (Lipinski definition) is 2. The van der Waals surface area contributed by atoms with Crippen molar-refractivity contribution in [2.24, 2.45) is 17.6 Å². The van der Waals surface area contributed by atoms with E-state index in [1.807, 2.05) is 6.92 Å². The van der Waals surface area contributed by atoms with Crippen molar-refractivity contribution in [2.45, 2.75) is 19.8 Å². The second-order valence-electron chi connectivity index (χ2n) is 4.02. The summed E-state index contributed by atoms with van der Waals surface area (Å²) in [6.07, 6.45) is 2.78. The molecule has 3 heteroatoms. The fourth-order valence-electron chi connectivity index (χ4n) is 1.38. The Bertz CT molecular complexity index is 163. The normalized spacial score (nSPS) is 19.6. The summed E-state index contributed by atoms with van der Waals surface area (Å²) in [5.74, 6) is 1.43. The van der Waals surface area contributed by atoms with Gasteiger partial charge < -0.3 is 10.6 Å². The van der Waals surface area contributed by atoms with E-state index in [9.17, 15) is 0 Å². The van der Waals surface area contributed by atoms with E-state index in [2.05, 4.69) is 11.9 Å². The van der Waals surface area contributed by atoms with Crippen LogP contribution in [0.2, 0.25) is 0 Å². The van der Waals surface area contributed by atoms with E-state index in [1.165, 1.54) is 19.4 Å². The van der Waals surface area contributed by atoms with Crippen LogP contribution in [-0.2, 0) is 0 Å². The van der Waals surface area contributed by atoms with Gasteiger partial charge in [0.05, 0.1) is 5.84 Å². The maximum atomic E-state index is 7.24. The minimum absolute atomic E-state index is 0.203. The zero-order valence-corrected chi connectivity index (χ0v) is 8.01. The van der Waals surface area contributed by atoms with Gasteiger partial charge in [-0.05, 0) is 25.8 Å². The number of nitrogens with zero attached hydrogens (tertiary/aromatic N) is 1. The maximum Gasteiger partial charge on any atom is 0.0947 e. The van der Waals surface area contributed by atoms with Crippen LogP contribution in [0.1, 0.15) is 19.8 Å². The lowest BCUT2D eigenvalue weighted by Crippen LogP contribution is -2.33. The zero-order valence-electron chi connectivity index (χ0n) is 8.01. The van der Waals surface area contributed by atoms with Crippen LogP contribution >= 0.6 is 0 Å². The lowest BCUT2D eigenvalue weighted by Gasteiger charge is -2.19. The van der Waals surface area contributed by atoms with Crippen molar-refractivity contribution < 1.29 is 0 Å². The summed E-state index contributed by atoms with van der Waals surface area (Å²) >= 11 is 0. The standard InChI is InChI=1S/C9H19N3/c1-7(9(10)11)5-12(2)6-8-3-4-8/h7-8H,3-6H2,1-2H3,(H3,10,11). The summed E-state index contributed by atoms with van der Waals surface area (Å²) in [6, 6.07) is 0. The van der Waals surface area contributed by atoms with E-state index in [-0.39, 0.29) is 5.92 Å². The molecule has 12 heavy (non-hydrogen) atoms. The molecule has 1 saturated carbocycles. The minimum atomic E-state index is 0.203. The summed E-state index contributed by atoms with van der Waals surface area (Å²) in [4.78, 5) is 2.28. The first kappa shape index (κ1) is 9.52. The van der Waals surface area contributed by atoms with E-state index in [0.29, 0.717) is 5.84 Å². The van der Waals surface area contributed by atoms with Gasteiger partial charge in [-0.3, -0.25) is 5.41 Å². The first-order valence-corrected chi connectivity index (χ1v) is 4.62. The third-order valence-electron chi connectivity index (χ3n) is 2.38. The summed E-state index contributed by atoms with van der Waals surface area (Å²) in [7, 11) is 2.11. The predicted octanol–water partition coefficient (Wildman–Crippen LogP) is 0.900. The average molecular weight is 169 g/mol. The molecule has 0 aliphatic heterocycles. The van der Waals surface area contributed by atoms with Gasteiger partial charge in [0.15, 0.2) is 0 Å². The molecular formula is C9H19N3. The van der Waals surface area contributed by atoms with E-state index in [4.69, 9.17) is 11.1 Å². The van der Waals surface area contributed by atoms with Crippen LogP contribution in [0.5, 0.6) is 0 Å². The van der Waals surface area contributed by atoms with Gasteiger partial charge in [0.2, 0.25) is 0 Å². The third-order valence-corrected chi connectivity index (χ3v) is 2.38. The van der Waals surface area contributed by atoms with Crippen LogP contribution in [0, 0.1) is 17.2 Å². The van der Waals surface area contributed by atoms with E-state index >= 15 is 0 Å². The SMILES string of the molecule is CC(CN(C)CC1CC1)C(=N)N. The molecule has 0 radical (unpaired) electrons. The molecule has 3 N–H and O–H groups in total. The van der Waals surface area contributed by atoms with Crippen molar-refractivity contribution in [3.63, 3.8) is 0 Å². The molecule has 0 spiro atoms. The fraction of sp³-hybridized carbons (Fsp3) is 0.889. The first-order valence-electron chi connectivity index (χ1n) is 4.62. The van der Waals surface area contributed by atoms with Gasteiger partial charge in [0, 0.05) is 19.0 Å². The molecule has 0 bridgehead atoms. The Hall–Kier alpha value is -0.570. The highest BCUT2D eigenvalue weighted by atomic mass is 15.1. The molecule has 0 amide bonds. The Morgan fingerprint density at radius 2 is 2.25 bits per heavy atom. The van der Waals surface area contributed by atoms with Crippen molar-refractivity contribution >= 4 is 5.84 Å². The van der Waals surface area contributed by atoms with Crippen LogP contribution < -0.4 is 5.73 Å². The number of nitrogens with one attached hydrogen (secondary N) is 1. The molecule has 1 atom stereocenters. The largest absolute Gasteiger partial charge is 0.387 e. The number of rotatable bonds is 5. The molecule has 0 heterocycles. The van der Waals surface area contributed by atoms with Crippen molar-refractivity contribution in [3.05, 3.63) is 0 Å². The van der Waals surface area contributed by atoms with Gasteiger partial charge >= 0.3 is 0 Å². The van der Waals surface area contributed by atoms with Gasteiger partial charge in [-0.2, -0.15) is 0 Å². The monoisotopic (exact) mass is 169 g/mol. The number of nitrogens with two attached hydrogens (primary N) is 1. The third kappa shape index (κ3) is 3.22. The Morgan fingerprint density at radius 3 is 2.67 bits per heavy atom. The predicted molar refractivity (Wildman–Crippen MR) is 51.3 cm³/mol. The quantitative estimate of drug-likeness (QED) is 0.474. The molecule has 0 aromatic rings. The Kier molecular flexibility index (Phi) is 3.09. The Balaban J connectivity index is 2.14. The van der Waals surface area contributed by atoms with E-state index < -0.39 is 0 Å². The topological polar surface area (TPSA) is 53.1 Å². The number of hydrogen-bond donors (Lipinski definition) is 2. The molecule has 70 valence electrons. The first-order chi connectivity index (χ1) is 5.59. The summed E-state index contributed by atoms with van der Waals surface area (Å²) in [6.45, 7) is 4.11. The molecule has 0 aromatic carbocycles. The molecule has 0 aromatic heterocycles. The molecule has 1 unspecified atom stereocenters. The van der Waals surface area contributed by atoms with Crippen LogP contribution in [0.4, 0.5) is 0 Å². The van der Waals surface area contributed by atoms with Gasteiger partial charge in [-0.1, -0.05) is 6.92 Å². The number of amidine groups is 1. The Labute approximate surface area is 74.4 Å². The van der Waals surface area contributed by atoms with Crippen LogP contribution in [0.25, 0.3) is 0 Å². The summed E-state index contributed by atoms with van der Waals surface area (Å²) < 4.78 is 0. The lowest BCUT2D eigenvalue weighted by atomic mass is 10.1. The second kappa shape index (κ2) is 3.90. The lowest BCUT2D eigenvalue weighted by molar-refractivity contribution is 0.301. The highest BCUT2D eigenvalue weighted by Gasteiger charge is 2.23. The second-order valence-corrected chi connectivity index (χ2v) is 4.02. The molecular weight excluding hydrogens is 150 g/mol. The van der Waals surface area contributed by atoms with Crippen molar-refractivity contribution in [1.82, 2.24) is 4.90 Å².